The van der Waals surface area contributed by atoms with E-state index in [4.69, 9.17) is 0 Å². The maximum Gasteiger partial charge on any atom is 0.258 e. The molecule has 1 aliphatic rings. The second kappa shape index (κ2) is 11.1. The Labute approximate surface area is 223 Å². The molecule has 0 saturated heterocycles. The van der Waals surface area contributed by atoms with Crippen molar-refractivity contribution in [2.24, 2.45) is 0 Å². The molecule has 1 saturated carbocycles. The number of aliphatic hydroxyl groups is 1. The number of nitrogens with one attached hydrogen (secondary N) is 2. The van der Waals surface area contributed by atoms with Crippen LogP contribution in [0, 0.1) is 6.92 Å². The number of aliphatic hydroxyl groups excluding tert-OH is 1. The summed E-state index contributed by atoms with van der Waals surface area (Å²) in [7, 11) is -3.53. The molecule has 1 aliphatic carbocycles. The lowest BCUT2D eigenvalue weighted by Gasteiger charge is -2.37. The summed E-state index contributed by atoms with van der Waals surface area (Å²) >= 11 is 0. The van der Waals surface area contributed by atoms with Crippen molar-refractivity contribution in [2.45, 2.75) is 56.5 Å². The summed E-state index contributed by atoms with van der Waals surface area (Å²) in [6.45, 7) is 5.34. The number of carbonyl (C=O) groups is 2. The molecule has 9 heteroatoms. The highest BCUT2D eigenvalue weighted by Crippen LogP contribution is 2.27. The van der Waals surface area contributed by atoms with E-state index in [0.29, 0.717) is 22.5 Å². The fraction of sp³-hybridized carbons (Fsp3) is 0.310. The van der Waals surface area contributed by atoms with Crippen LogP contribution in [0.1, 0.15) is 48.2 Å². The first-order valence-electron chi connectivity index (χ1n) is 12.5. The molecule has 38 heavy (non-hydrogen) atoms. The molecule has 8 nitrogen and oxygen atoms in total. The Morgan fingerprint density at radius 1 is 0.947 bits per heavy atom. The largest absolute Gasteiger partial charge is 0.394 e. The van der Waals surface area contributed by atoms with Gasteiger partial charge in [-0.25, -0.2) is 13.1 Å². The standard InChI is InChI=1S/C29H33N3O5S/c1-20-4-14-25(15-5-20)32(29(2,3)19-33)28(35)22-8-10-23(11-9-22)30-27(34)18-21-6-16-26(17-7-21)38(36,37)31-24-12-13-24/h4-11,14-17,24,31,33H,12-13,18-19H2,1-3H3,(H,30,34). The number of rotatable bonds is 10. The van der Waals surface area contributed by atoms with Crippen molar-refractivity contribution in [3.05, 3.63) is 89.5 Å². The van der Waals surface area contributed by atoms with Crippen LogP contribution in [0.15, 0.2) is 77.7 Å². The van der Waals surface area contributed by atoms with Gasteiger partial charge in [0, 0.05) is 23.0 Å². The van der Waals surface area contributed by atoms with Gasteiger partial charge in [-0.15, -0.1) is 0 Å². The van der Waals surface area contributed by atoms with Gasteiger partial charge in [-0.05, 0) is 87.7 Å². The van der Waals surface area contributed by atoms with Gasteiger partial charge in [0.1, 0.15) is 0 Å². The maximum atomic E-state index is 13.5. The molecular formula is C29H33N3O5S. The van der Waals surface area contributed by atoms with Crippen LogP contribution >= 0.6 is 0 Å². The number of hydrogen-bond donors (Lipinski definition) is 3. The quantitative estimate of drug-likeness (QED) is 0.363. The molecule has 0 atom stereocenters. The lowest BCUT2D eigenvalue weighted by Crippen LogP contribution is -2.50. The van der Waals surface area contributed by atoms with Gasteiger partial charge >= 0.3 is 0 Å². The molecule has 0 heterocycles. The molecule has 0 bridgehead atoms. The molecule has 0 unspecified atom stereocenters. The number of hydrogen-bond acceptors (Lipinski definition) is 5. The van der Waals surface area contributed by atoms with Crippen LogP contribution in [0.4, 0.5) is 11.4 Å². The topological polar surface area (TPSA) is 116 Å². The molecule has 4 rings (SSSR count). The molecule has 3 aromatic carbocycles. The van der Waals surface area contributed by atoms with Crippen LogP contribution in [-0.4, -0.2) is 43.5 Å². The second-order valence-corrected chi connectivity index (χ2v) is 12.0. The van der Waals surface area contributed by atoms with Gasteiger partial charge in [-0.3, -0.25) is 9.59 Å². The third kappa shape index (κ3) is 6.66. The number of sulfonamides is 1. The van der Waals surface area contributed by atoms with Crippen LogP contribution in [0.5, 0.6) is 0 Å². The first kappa shape index (κ1) is 27.5. The molecule has 1 fully saturated rings. The van der Waals surface area contributed by atoms with Gasteiger partial charge in [0.05, 0.1) is 23.5 Å². The Balaban J connectivity index is 1.41. The van der Waals surface area contributed by atoms with E-state index >= 15 is 0 Å². The number of anilines is 2. The maximum absolute atomic E-state index is 13.5. The molecule has 0 aromatic heterocycles. The smallest absolute Gasteiger partial charge is 0.258 e. The predicted molar refractivity (Wildman–Crippen MR) is 148 cm³/mol. The average Bonchev–Trinajstić information content (AvgIpc) is 3.69. The number of aryl methyl sites for hydroxylation is 1. The fourth-order valence-corrected chi connectivity index (χ4v) is 5.30. The zero-order chi connectivity index (χ0) is 27.5. The van der Waals surface area contributed by atoms with Crippen LogP contribution in [-0.2, 0) is 21.2 Å². The normalized spacial score (nSPS) is 13.7. The Hall–Kier alpha value is -3.53. The highest BCUT2D eigenvalue weighted by atomic mass is 32.2. The van der Waals surface area contributed by atoms with Crippen molar-refractivity contribution in [2.75, 3.05) is 16.8 Å². The van der Waals surface area contributed by atoms with E-state index in [1.165, 1.54) is 12.1 Å². The summed E-state index contributed by atoms with van der Waals surface area (Å²) in [5.41, 5.74) is 2.54. The van der Waals surface area contributed by atoms with Crippen LogP contribution in [0.25, 0.3) is 0 Å². The van der Waals surface area contributed by atoms with Crippen molar-refractivity contribution in [1.82, 2.24) is 4.72 Å². The molecule has 3 N–H and O–H groups in total. The molecule has 200 valence electrons. The van der Waals surface area contributed by atoms with Gasteiger partial charge in [0.25, 0.3) is 5.91 Å². The van der Waals surface area contributed by atoms with Crippen molar-refractivity contribution < 1.29 is 23.1 Å². The molecule has 3 aromatic rings. The number of carbonyl (C=O) groups excluding carboxylic acids is 2. The number of nitrogens with zero attached hydrogens (tertiary/aromatic N) is 1. The van der Waals surface area contributed by atoms with E-state index in [2.05, 4.69) is 10.0 Å². The highest BCUT2D eigenvalue weighted by Gasteiger charge is 2.32. The lowest BCUT2D eigenvalue weighted by atomic mass is 10.0. The highest BCUT2D eigenvalue weighted by molar-refractivity contribution is 7.89. The third-order valence-electron chi connectivity index (χ3n) is 6.40. The minimum Gasteiger partial charge on any atom is -0.394 e. The SMILES string of the molecule is Cc1ccc(N(C(=O)c2ccc(NC(=O)Cc3ccc(S(=O)(=O)NC4CC4)cc3)cc2)C(C)(C)CO)cc1. The number of benzene rings is 3. The second-order valence-electron chi connectivity index (χ2n) is 10.3. The Morgan fingerprint density at radius 2 is 1.55 bits per heavy atom. The first-order chi connectivity index (χ1) is 18.0. The minimum atomic E-state index is -3.53. The van der Waals surface area contributed by atoms with Crippen molar-refractivity contribution in [3.63, 3.8) is 0 Å². The van der Waals surface area contributed by atoms with Crippen molar-refractivity contribution in [1.29, 1.82) is 0 Å². The van der Waals surface area contributed by atoms with Crippen LogP contribution in [0.2, 0.25) is 0 Å². The lowest BCUT2D eigenvalue weighted by molar-refractivity contribution is -0.115. The Morgan fingerprint density at radius 3 is 2.11 bits per heavy atom. The monoisotopic (exact) mass is 535 g/mol. The van der Waals surface area contributed by atoms with Crippen LogP contribution < -0.4 is 14.9 Å². The summed E-state index contributed by atoms with van der Waals surface area (Å²) in [5, 5.41) is 12.8. The van der Waals surface area contributed by atoms with Crippen molar-refractivity contribution >= 4 is 33.2 Å². The first-order valence-corrected chi connectivity index (χ1v) is 14.0. The number of amides is 2. The molecular weight excluding hydrogens is 502 g/mol. The van der Waals surface area contributed by atoms with Crippen molar-refractivity contribution in [3.8, 4) is 0 Å². The average molecular weight is 536 g/mol. The van der Waals surface area contributed by atoms with E-state index in [0.717, 1.165) is 18.4 Å². The summed E-state index contributed by atoms with van der Waals surface area (Å²) in [6, 6.07) is 20.4. The van der Waals surface area contributed by atoms with Gasteiger partial charge in [0.2, 0.25) is 15.9 Å². The molecule has 2 amide bonds. The summed E-state index contributed by atoms with van der Waals surface area (Å²) in [5.74, 6) is -0.532. The fourth-order valence-electron chi connectivity index (χ4n) is 4.00. The molecule has 0 spiro atoms. The Kier molecular flexibility index (Phi) is 8.01. The van der Waals surface area contributed by atoms with E-state index < -0.39 is 15.6 Å². The van der Waals surface area contributed by atoms with E-state index in [-0.39, 0.29) is 35.8 Å². The molecule has 0 aliphatic heterocycles. The van der Waals surface area contributed by atoms with E-state index in [9.17, 15) is 23.1 Å². The summed E-state index contributed by atoms with van der Waals surface area (Å²) < 4.78 is 27.3. The Bertz CT molecular complexity index is 1400. The minimum absolute atomic E-state index is 0.0268. The van der Waals surface area contributed by atoms with Gasteiger partial charge < -0.3 is 15.3 Å². The van der Waals surface area contributed by atoms with E-state index in [1.807, 2.05) is 31.2 Å². The van der Waals surface area contributed by atoms with Crippen LogP contribution in [0.3, 0.4) is 0 Å². The van der Waals surface area contributed by atoms with Gasteiger partial charge in [0.15, 0.2) is 0 Å². The van der Waals surface area contributed by atoms with Gasteiger partial charge in [-0.1, -0.05) is 29.8 Å². The molecule has 0 radical (unpaired) electrons. The van der Waals surface area contributed by atoms with Gasteiger partial charge in [-0.2, -0.15) is 0 Å². The zero-order valence-corrected chi connectivity index (χ0v) is 22.6. The summed E-state index contributed by atoms with van der Waals surface area (Å²) in [4.78, 5) is 27.8. The van der Waals surface area contributed by atoms with E-state index in [1.54, 1.807) is 55.1 Å². The summed E-state index contributed by atoms with van der Waals surface area (Å²) in [6.07, 6.45) is 1.79. The zero-order valence-electron chi connectivity index (χ0n) is 21.8. The predicted octanol–water partition coefficient (Wildman–Crippen LogP) is 4.03. The third-order valence-corrected chi connectivity index (χ3v) is 7.94.